The molecule has 118 valence electrons. The van der Waals surface area contributed by atoms with Crippen molar-refractivity contribution in [1.29, 1.82) is 0 Å². The van der Waals surface area contributed by atoms with E-state index >= 15 is 0 Å². The van der Waals surface area contributed by atoms with Crippen molar-refractivity contribution in [1.82, 2.24) is 4.98 Å². The standard InChI is InChI=1S/C14H17ClF3NO2/c1-6-7(2)21-8(3)11(6)12(20)9-4-5-10(14(16,17)18)19-13(9)15/h4-8,11-12,20H,1-3H3. The molecule has 2 rings (SSSR count). The number of aromatic nitrogens is 1. The number of aliphatic hydroxyl groups excluding tert-OH is 1. The van der Waals surface area contributed by atoms with Crippen molar-refractivity contribution < 1.29 is 23.0 Å². The summed E-state index contributed by atoms with van der Waals surface area (Å²) in [7, 11) is 0. The average Bonchev–Trinajstić information content (AvgIpc) is 2.61. The number of pyridine rings is 1. The van der Waals surface area contributed by atoms with Crippen LogP contribution in [0.4, 0.5) is 13.2 Å². The summed E-state index contributed by atoms with van der Waals surface area (Å²) in [5.74, 6) is -0.176. The van der Waals surface area contributed by atoms with Gasteiger partial charge in [0.2, 0.25) is 0 Å². The lowest BCUT2D eigenvalue weighted by Crippen LogP contribution is -2.25. The quantitative estimate of drug-likeness (QED) is 0.841. The van der Waals surface area contributed by atoms with Crippen molar-refractivity contribution in [3.63, 3.8) is 0 Å². The molecule has 7 heteroatoms. The summed E-state index contributed by atoms with van der Waals surface area (Å²) < 4.78 is 43.4. The van der Waals surface area contributed by atoms with Crippen molar-refractivity contribution in [2.24, 2.45) is 11.8 Å². The van der Waals surface area contributed by atoms with E-state index in [0.29, 0.717) is 0 Å². The van der Waals surface area contributed by atoms with E-state index in [1.165, 1.54) is 6.07 Å². The van der Waals surface area contributed by atoms with Crippen LogP contribution in [0.5, 0.6) is 0 Å². The van der Waals surface area contributed by atoms with Crippen LogP contribution in [0.1, 0.15) is 38.1 Å². The average molecular weight is 324 g/mol. The molecule has 1 fully saturated rings. The Bertz CT molecular complexity index is 523. The van der Waals surface area contributed by atoms with Crippen LogP contribution in [-0.4, -0.2) is 22.3 Å². The van der Waals surface area contributed by atoms with Gasteiger partial charge < -0.3 is 9.84 Å². The predicted octanol–water partition coefficient (Wildman–Crippen LogP) is 3.85. The number of ether oxygens (including phenoxy) is 1. The van der Waals surface area contributed by atoms with E-state index in [2.05, 4.69) is 4.98 Å². The second kappa shape index (κ2) is 5.74. The summed E-state index contributed by atoms with van der Waals surface area (Å²) in [6, 6.07) is 2.02. The second-order valence-electron chi connectivity index (χ2n) is 5.50. The molecule has 1 aromatic rings. The Balaban J connectivity index is 2.30. The molecule has 0 amide bonds. The summed E-state index contributed by atoms with van der Waals surface area (Å²) in [6.07, 6.45) is -5.80. The molecule has 21 heavy (non-hydrogen) atoms. The highest BCUT2D eigenvalue weighted by Crippen LogP contribution is 2.42. The summed E-state index contributed by atoms with van der Waals surface area (Å²) in [5, 5.41) is 10.1. The molecule has 0 spiro atoms. The molecule has 1 saturated heterocycles. The third-order valence-corrected chi connectivity index (χ3v) is 4.47. The van der Waals surface area contributed by atoms with Gasteiger partial charge in [0.1, 0.15) is 10.8 Å². The van der Waals surface area contributed by atoms with Gasteiger partial charge in [-0.15, -0.1) is 0 Å². The fourth-order valence-electron chi connectivity index (χ4n) is 2.87. The highest BCUT2D eigenvalue weighted by Gasteiger charge is 2.42. The lowest BCUT2D eigenvalue weighted by Gasteiger charge is -2.25. The van der Waals surface area contributed by atoms with Crippen LogP contribution in [-0.2, 0) is 10.9 Å². The third-order valence-electron chi connectivity index (χ3n) is 4.17. The van der Waals surface area contributed by atoms with Gasteiger partial charge in [-0.3, -0.25) is 0 Å². The van der Waals surface area contributed by atoms with Crippen LogP contribution >= 0.6 is 11.6 Å². The van der Waals surface area contributed by atoms with Crippen LogP contribution < -0.4 is 0 Å². The largest absolute Gasteiger partial charge is 0.433 e. The Labute approximate surface area is 126 Å². The zero-order valence-corrected chi connectivity index (χ0v) is 12.6. The van der Waals surface area contributed by atoms with Gasteiger partial charge >= 0.3 is 6.18 Å². The first-order valence-electron chi connectivity index (χ1n) is 6.70. The minimum Gasteiger partial charge on any atom is -0.388 e. The normalized spacial score (nSPS) is 31.4. The molecule has 5 atom stereocenters. The minimum atomic E-state index is -4.56. The van der Waals surface area contributed by atoms with Gasteiger partial charge in [0, 0.05) is 11.5 Å². The van der Waals surface area contributed by atoms with E-state index in [0.717, 1.165) is 6.07 Å². The van der Waals surface area contributed by atoms with Crippen LogP contribution in [0.2, 0.25) is 5.15 Å². The number of rotatable bonds is 2. The van der Waals surface area contributed by atoms with Gasteiger partial charge in [-0.05, 0) is 25.8 Å². The molecule has 0 aromatic carbocycles. The highest BCUT2D eigenvalue weighted by molar-refractivity contribution is 6.30. The fourth-order valence-corrected chi connectivity index (χ4v) is 3.13. The van der Waals surface area contributed by atoms with Gasteiger partial charge in [0.05, 0.1) is 18.3 Å². The number of hydrogen-bond donors (Lipinski definition) is 1. The highest BCUT2D eigenvalue weighted by atomic mass is 35.5. The smallest absolute Gasteiger partial charge is 0.388 e. The maximum absolute atomic E-state index is 12.6. The van der Waals surface area contributed by atoms with E-state index < -0.39 is 18.0 Å². The molecule has 1 N–H and O–H groups in total. The first-order valence-corrected chi connectivity index (χ1v) is 7.08. The SMILES string of the molecule is CC1OC(C)C(C(O)c2ccc(C(F)(F)F)nc2Cl)C1C. The molecule has 0 radical (unpaired) electrons. The van der Waals surface area contributed by atoms with Gasteiger partial charge in [0.15, 0.2) is 0 Å². The Morgan fingerprint density at radius 1 is 1.24 bits per heavy atom. The number of hydrogen-bond acceptors (Lipinski definition) is 3. The predicted molar refractivity (Wildman–Crippen MR) is 71.9 cm³/mol. The number of alkyl halides is 3. The van der Waals surface area contributed by atoms with Gasteiger partial charge in [-0.1, -0.05) is 24.6 Å². The number of halogens is 4. The van der Waals surface area contributed by atoms with E-state index in [9.17, 15) is 18.3 Å². The number of aliphatic hydroxyl groups is 1. The second-order valence-corrected chi connectivity index (χ2v) is 5.86. The first-order chi connectivity index (χ1) is 9.62. The molecule has 1 aromatic heterocycles. The van der Waals surface area contributed by atoms with Crippen molar-refractivity contribution in [3.05, 3.63) is 28.5 Å². The minimum absolute atomic E-state index is 0.0270. The maximum atomic E-state index is 12.6. The molecule has 5 unspecified atom stereocenters. The molecular formula is C14H17ClF3NO2. The number of nitrogens with zero attached hydrogens (tertiary/aromatic N) is 1. The third kappa shape index (κ3) is 3.17. The Morgan fingerprint density at radius 2 is 1.86 bits per heavy atom. The molecule has 1 aliphatic heterocycles. The van der Waals surface area contributed by atoms with E-state index in [1.807, 2.05) is 20.8 Å². The summed E-state index contributed by atoms with van der Waals surface area (Å²) in [4.78, 5) is 3.35. The zero-order valence-electron chi connectivity index (χ0n) is 11.9. The molecule has 0 bridgehead atoms. The zero-order chi connectivity index (χ0) is 15.9. The van der Waals surface area contributed by atoms with Crippen molar-refractivity contribution in [3.8, 4) is 0 Å². The summed E-state index contributed by atoms with van der Waals surface area (Å²) in [5.41, 5.74) is -0.869. The van der Waals surface area contributed by atoms with Crippen LogP contribution in [0.3, 0.4) is 0 Å². The molecular weight excluding hydrogens is 307 g/mol. The topological polar surface area (TPSA) is 42.4 Å². The van der Waals surface area contributed by atoms with E-state index in [1.54, 1.807) is 0 Å². The Hall–Kier alpha value is -0.850. The fraction of sp³-hybridized carbons (Fsp3) is 0.643. The lowest BCUT2D eigenvalue weighted by molar-refractivity contribution is -0.141. The Morgan fingerprint density at radius 3 is 2.29 bits per heavy atom. The van der Waals surface area contributed by atoms with Gasteiger partial charge in [-0.25, -0.2) is 4.98 Å². The molecule has 2 heterocycles. The van der Waals surface area contributed by atoms with E-state index in [4.69, 9.17) is 16.3 Å². The maximum Gasteiger partial charge on any atom is 0.433 e. The summed E-state index contributed by atoms with van der Waals surface area (Å²) in [6.45, 7) is 5.67. The molecule has 0 aliphatic carbocycles. The van der Waals surface area contributed by atoms with Gasteiger partial charge in [-0.2, -0.15) is 13.2 Å². The first kappa shape index (κ1) is 16.5. The van der Waals surface area contributed by atoms with Crippen molar-refractivity contribution in [2.45, 2.75) is 45.3 Å². The molecule has 3 nitrogen and oxygen atoms in total. The molecule has 1 aliphatic rings. The van der Waals surface area contributed by atoms with Crippen molar-refractivity contribution in [2.75, 3.05) is 0 Å². The lowest BCUT2D eigenvalue weighted by atomic mass is 9.82. The van der Waals surface area contributed by atoms with Crippen molar-refractivity contribution >= 4 is 11.6 Å². The van der Waals surface area contributed by atoms with Gasteiger partial charge in [0.25, 0.3) is 0 Å². The Kier molecular flexibility index (Phi) is 4.52. The monoisotopic (exact) mass is 323 g/mol. The van der Waals surface area contributed by atoms with Crippen LogP contribution in [0.25, 0.3) is 0 Å². The van der Waals surface area contributed by atoms with Crippen LogP contribution in [0.15, 0.2) is 12.1 Å². The summed E-state index contributed by atoms with van der Waals surface area (Å²) >= 11 is 5.83. The van der Waals surface area contributed by atoms with Crippen LogP contribution in [0, 0.1) is 11.8 Å². The molecule has 0 saturated carbocycles. The van der Waals surface area contributed by atoms with E-state index in [-0.39, 0.29) is 34.8 Å².